The molecule has 1 heterocycles. The lowest BCUT2D eigenvalue weighted by molar-refractivity contribution is 0.208. The van der Waals surface area contributed by atoms with Crippen LogP contribution in [0.3, 0.4) is 0 Å². The topological polar surface area (TPSA) is 29.3 Å². The number of nitrogens with two attached hydrogens (primary N) is 1. The van der Waals surface area contributed by atoms with E-state index in [2.05, 4.69) is 30.0 Å². The van der Waals surface area contributed by atoms with E-state index >= 15 is 0 Å². The minimum atomic E-state index is 0.684. The SMILES string of the molecule is CCCN1CCCC(c2cccc(N)c2)C1. The Morgan fingerprint density at radius 2 is 2.31 bits per heavy atom. The molecule has 1 fully saturated rings. The molecule has 1 unspecified atom stereocenters. The van der Waals surface area contributed by atoms with Crippen molar-refractivity contribution in [1.29, 1.82) is 0 Å². The van der Waals surface area contributed by atoms with Gasteiger partial charge in [-0.1, -0.05) is 19.1 Å². The van der Waals surface area contributed by atoms with E-state index in [9.17, 15) is 0 Å². The van der Waals surface area contributed by atoms with E-state index in [0.29, 0.717) is 5.92 Å². The van der Waals surface area contributed by atoms with Gasteiger partial charge in [-0.2, -0.15) is 0 Å². The fraction of sp³-hybridized carbons (Fsp3) is 0.571. The first-order valence-corrected chi connectivity index (χ1v) is 6.37. The Kier molecular flexibility index (Phi) is 3.83. The molecule has 16 heavy (non-hydrogen) atoms. The van der Waals surface area contributed by atoms with Crippen LogP contribution in [0.4, 0.5) is 5.69 Å². The molecule has 2 rings (SSSR count). The molecule has 2 N–H and O–H groups in total. The Balaban J connectivity index is 2.03. The van der Waals surface area contributed by atoms with E-state index in [0.717, 1.165) is 5.69 Å². The Hall–Kier alpha value is -1.02. The van der Waals surface area contributed by atoms with Gasteiger partial charge in [-0.05, 0) is 56.0 Å². The zero-order valence-electron chi connectivity index (χ0n) is 10.2. The zero-order chi connectivity index (χ0) is 11.4. The van der Waals surface area contributed by atoms with Gasteiger partial charge in [0, 0.05) is 12.2 Å². The number of anilines is 1. The summed E-state index contributed by atoms with van der Waals surface area (Å²) < 4.78 is 0. The van der Waals surface area contributed by atoms with Crippen molar-refractivity contribution >= 4 is 5.69 Å². The minimum absolute atomic E-state index is 0.684. The molecule has 0 saturated carbocycles. The first-order valence-electron chi connectivity index (χ1n) is 6.37. The van der Waals surface area contributed by atoms with Crippen LogP contribution in [0.5, 0.6) is 0 Å². The van der Waals surface area contributed by atoms with Crippen molar-refractivity contribution < 1.29 is 0 Å². The molecule has 88 valence electrons. The summed E-state index contributed by atoms with van der Waals surface area (Å²) in [4.78, 5) is 2.58. The van der Waals surface area contributed by atoms with E-state index in [4.69, 9.17) is 5.73 Å². The van der Waals surface area contributed by atoms with Crippen molar-refractivity contribution in [3.8, 4) is 0 Å². The van der Waals surface area contributed by atoms with Crippen LogP contribution in [0, 0.1) is 0 Å². The molecule has 1 aromatic rings. The first-order chi connectivity index (χ1) is 7.79. The summed E-state index contributed by atoms with van der Waals surface area (Å²) in [6, 6.07) is 8.40. The van der Waals surface area contributed by atoms with E-state index in [1.165, 1.54) is 44.5 Å². The normalized spacial score (nSPS) is 22.2. The maximum atomic E-state index is 5.84. The van der Waals surface area contributed by atoms with E-state index in [1.54, 1.807) is 0 Å². The lowest BCUT2D eigenvalue weighted by atomic mass is 9.90. The molecule has 2 heteroatoms. The second-order valence-corrected chi connectivity index (χ2v) is 4.81. The van der Waals surface area contributed by atoms with Crippen LogP contribution in [-0.2, 0) is 0 Å². The molecule has 1 aliphatic heterocycles. The molecule has 0 amide bonds. The molecular weight excluding hydrogens is 196 g/mol. The van der Waals surface area contributed by atoms with Crippen LogP contribution in [0.25, 0.3) is 0 Å². The van der Waals surface area contributed by atoms with Crippen LogP contribution in [0.15, 0.2) is 24.3 Å². The fourth-order valence-electron chi connectivity index (χ4n) is 2.66. The average molecular weight is 218 g/mol. The smallest absolute Gasteiger partial charge is 0.0316 e. The number of nitrogens with zero attached hydrogens (tertiary/aromatic N) is 1. The van der Waals surface area contributed by atoms with Gasteiger partial charge in [-0.15, -0.1) is 0 Å². The molecular formula is C14H22N2. The Morgan fingerprint density at radius 1 is 1.44 bits per heavy atom. The summed E-state index contributed by atoms with van der Waals surface area (Å²) >= 11 is 0. The molecule has 0 aliphatic carbocycles. The molecule has 1 aromatic carbocycles. The summed E-state index contributed by atoms with van der Waals surface area (Å²) in [6.45, 7) is 5.97. The third-order valence-electron chi connectivity index (χ3n) is 3.43. The van der Waals surface area contributed by atoms with E-state index in [1.807, 2.05) is 6.07 Å². The van der Waals surface area contributed by atoms with Gasteiger partial charge in [-0.3, -0.25) is 0 Å². The van der Waals surface area contributed by atoms with E-state index in [-0.39, 0.29) is 0 Å². The number of rotatable bonds is 3. The van der Waals surface area contributed by atoms with Crippen LogP contribution in [-0.4, -0.2) is 24.5 Å². The highest BCUT2D eigenvalue weighted by Crippen LogP contribution is 2.27. The Labute approximate surface area is 98.4 Å². The van der Waals surface area contributed by atoms with Gasteiger partial charge in [0.05, 0.1) is 0 Å². The largest absolute Gasteiger partial charge is 0.399 e. The lowest BCUT2D eigenvalue weighted by Gasteiger charge is -2.32. The van der Waals surface area contributed by atoms with Gasteiger partial charge in [0.25, 0.3) is 0 Å². The Morgan fingerprint density at radius 3 is 3.06 bits per heavy atom. The zero-order valence-corrected chi connectivity index (χ0v) is 10.2. The number of benzene rings is 1. The number of hydrogen-bond donors (Lipinski definition) is 1. The quantitative estimate of drug-likeness (QED) is 0.790. The predicted octanol–water partition coefficient (Wildman–Crippen LogP) is 2.86. The molecule has 0 radical (unpaired) electrons. The molecule has 0 spiro atoms. The monoisotopic (exact) mass is 218 g/mol. The highest BCUT2D eigenvalue weighted by atomic mass is 15.1. The van der Waals surface area contributed by atoms with Gasteiger partial charge < -0.3 is 10.6 Å². The summed E-state index contributed by atoms with van der Waals surface area (Å²) in [5.74, 6) is 0.684. The van der Waals surface area contributed by atoms with Crippen molar-refractivity contribution in [2.45, 2.75) is 32.1 Å². The van der Waals surface area contributed by atoms with Crippen molar-refractivity contribution in [3.05, 3.63) is 29.8 Å². The average Bonchev–Trinajstić information content (AvgIpc) is 2.30. The van der Waals surface area contributed by atoms with Crippen LogP contribution >= 0.6 is 0 Å². The molecule has 0 bridgehead atoms. The lowest BCUT2D eigenvalue weighted by Crippen LogP contribution is -2.34. The molecule has 1 aliphatic rings. The molecule has 1 saturated heterocycles. The maximum Gasteiger partial charge on any atom is 0.0316 e. The minimum Gasteiger partial charge on any atom is -0.399 e. The summed E-state index contributed by atoms with van der Waals surface area (Å²) in [5, 5.41) is 0. The van der Waals surface area contributed by atoms with Gasteiger partial charge in [0.15, 0.2) is 0 Å². The first kappa shape index (κ1) is 11.5. The van der Waals surface area contributed by atoms with Crippen LogP contribution in [0.2, 0.25) is 0 Å². The number of likely N-dealkylation sites (tertiary alicyclic amines) is 1. The molecule has 0 aromatic heterocycles. The van der Waals surface area contributed by atoms with Crippen molar-refractivity contribution in [2.75, 3.05) is 25.4 Å². The maximum absolute atomic E-state index is 5.84. The standard InChI is InChI=1S/C14H22N2/c1-2-8-16-9-4-6-13(11-16)12-5-3-7-14(15)10-12/h3,5,7,10,13H,2,4,6,8-9,11,15H2,1H3. The van der Waals surface area contributed by atoms with Crippen molar-refractivity contribution in [3.63, 3.8) is 0 Å². The number of nitrogen functional groups attached to an aromatic ring is 1. The highest BCUT2D eigenvalue weighted by Gasteiger charge is 2.20. The fourth-order valence-corrected chi connectivity index (χ4v) is 2.66. The third kappa shape index (κ3) is 2.76. The van der Waals surface area contributed by atoms with Gasteiger partial charge >= 0.3 is 0 Å². The van der Waals surface area contributed by atoms with Gasteiger partial charge in [0.1, 0.15) is 0 Å². The number of piperidine rings is 1. The van der Waals surface area contributed by atoms with Crippen LogP contribution < -0.4 is 5.73 Å². The summed E-state index contributed by atoms with van der Waals surface area (Å²) in [7, 11) is 0. The molecule has 1 atom stereocenters. The molecule has 2 nitrogen and oxygen atoms in total. The second-order valence-electron chi connectivity index (χ2n) is 4.81. The van der Waals surface area contributed by atoms with Crippen molar-refractivity contribution in [2.24, 2.45) is 0 Å². The summed E-state index contributed by atoms with van der Waals surface area (Å²) in [6.07, 6.45) is 3.88. The van der Waals surface area contributed by atoms with Gasteiger partial charge in [0.2, 0.25) is 0 Å². The predicted molar refractivity (Wildman–Crippen MR) is 69.6 cm³/mol. The number of hydrogen-bond acceptors (Lipinski definition) is 2. The third-order valence-corrected chi connectivity index (χ3v) is 3.43. The van der Waals surface area contributed by atoms with Gasteiger partial charge in [-0.25, -0.2) is 0 Å². The van der Waals surface area contributed by atoms with Crippen LogP contribution in [0.1, 0.15) is 37.7 Å². The highest BCUT2D eigenvalue weighted by molar-refractivity contribution is 5.42. The van der Waals surface area contributed by atoms with E-state index < -0.39 is 0 Å². The second kappa shape index (κ2) is 5.35. The Bertz CT molecular complexity index is 333. The summed E-state index contributed by atoms with van der Waals surface area (Å²) in [5.41, 5.74) is 8.16. The van der Waals surface area contributed by atoms with Crippen molar-refractivity contribution in [1.82, 2.24) is 4.90 Å².